The molecular weight excluding hydrogens is 211 g/mol. The molecule has 0 unspecified atom stereocenters. The van der Waals surface area contributed by atoms with E-state index < -0.39 is 11.7 Å². The Bertz CT molecular complexity index is 712. The first-order valence-corrected chi connectivity index (χ1v) is 4.62. The molecule has 3 N–H and O–H groups in total. The number of carbonyl (C=O) groups is 1. The summed E-state index contributed by atoms with van der Waals surface area (Å²) in [6.45, 7) is 0. The number of benzene rings is 1. The maximum absolute atomic E-state index is 13.2. The summed E-state index contributed by atoms with van der Waals surface area (Å²) in [6.07, 6.45) is 1.68. The molecule has 0 bridgehead atoms. The van der Waals surface area contributed by atoms with Gasteiger partial charge in [-0.25, -0.2) is 13.9 Å². The third kappa shape index (κ3) is 1.04. The lowest BCUT2D eigenvalue weighted by Gasteiger charge is -1.99. The molecule has 0 aliphatic heterocycles. The van der Waals surface area contributed by atoms with Crippen LogP contribution in [-0.2, 0) is 0 Å². The number of H-pyrrole nitrogens is 1. The summed E-state index contributed by atoms with van der Waals surface area (Å²) in [6, 6.07) is 4.10. The summed E-state index contributed by atoms with van der Waals surface area (Å²) in [7, 11) is 0. The number of aromatic amines is 1. The highest BCUT2D eigenvalue weighted by atomic mass is 19.1. The third-order valence-electron chi connectivity index (χ3n) is 2.44. The van der Waals surface area contributed by atoms with Gasteiger partial charge < -0.3 is 5.73 Å². The summed E-state index contributed by atoms with van der Waals surface area (Å²) in [5.41, 5.74) is 6.83. The normalized spacial score (nSPS) is 11.3. The number of nitrogens with two attached hydrogens (primary N) is 1. The number of primary amides is 1. The second-order valence-corrected chi connectivity index (χ2v) is 3.45. The van der Waals surface area contributed by atoms with Gasteiger partial charge in [-0.3, -0.25) is 9.89 Å². The highest BCUT2D eigenvalue weighted by molar-refractivity contribution is 6.05. The van der Waals surface area contributed by atoms with Crippen molar-refractivity contribution >= 4 is 22.6 Å². The smallest absolute Gasteiger partial charge is 0.251 e. The molecule has 0 saturated heterocycles. The van der Waals surface area contributed by atoms with Crippen LogP contribution in [0.25, 0.3) is 16.7 Å². The van der Waals surface area contributed by atoms with Crippen molar-refractivity contribution < 1.29 is 9.18 Å². The molecule has 2 heterocycles. The van der Waals surface area contributed by atoms with Crippen molar-refractivity contribution in [2.75, 3.05) is 0 Å². The van der Waals surface area contributed by atoms with Gasteiger partial charge in [-0.15, -0.1) is 0 Å². The average Bonchev–Trinajstić information content (AvgIpc) is 2.74. The zero-order chi connectivity index (χ0) is 11.3. The van der Waals surface area contributed by atoms with E-state index in [1.54, 1.807) is 16.8 Å². The van der Waals surface area contributed by atoms with Crippen molar-refractivity contribution in [1.82, 2.24) is 14.6 Å². The van der Waals surface area contributed by atoms with Crippen LogP contribution in [0.3, 0.4) is 0 Å². The second kappa shape index (κ2) is 2.82. The molecule has 0 aliphatic rings. The zero-order valence-corrected chi connectivity index (χ0v) is 8.07. The van der Waals surface area contributed by atoms with Crippen LogP contribution in [-0.4, -0.2) is 20.5 Å². The molecule has 0 fully saturated rings. The molecule has 6 heteroatoms. The Balaban J connectivity index is 2.57. The molecule has 2 aromatic heterocycles. The summed E-state index contributed by atoms with van der Waals surface area (Å²) < 4.78 is 14.8. The number of nitrogens with one attached hydrogen (secondary N) is 1. The number of amides is 1. The van der Waals surface area contributed by atoms with Crippen molar-refractivity contribution in [2.45, 2.75) is 0 Å². The van der Waals surface area contributed by atoms with Crippen LogP contribution < -0.4 is 5.73 Å². The maximum atomic E-state index is 13.2. The van der Waals surface area contributed by atoms with Gasteiger partial charge in [0.1, 0.15) is 11.3 Å². The number of fused-ring (bicyclic) bond motifs is 3. The fraction of sp³-hybridized carbons (Fsp3) is 0. The number of hydrogen-bond donors (Lipinski definition) is 2. The van der Waals surface area contributed by atoms with Crippen molar-refractivity contribution in [3.8, 4) is 0 Å². The minimum atomic E-state index is -0.680. The molecule has 3 aromatic rings. The summed E-state index contributed by atoms with van der Waals surface area (Å²) in [5, 5.41) is 2.88. The van der Waals surface area contributed by atoms with Crippen LogP contribution in [0.2, 0.25) is 0 Å². The Kier molecular flexibility index (Phi) is 1.57. The topological polar surface area (TPSA) is 76.2 Å². The highest BCUT2D eigenvalue weighted by Crippen LogP contribution is 2.21. The van der Waals surface area contributed by atoms with E-state index in [2.05, 4.69) is 10.1 Å². The van der Waals surface area contributed by atoms with Gasteiger partial charge in [0.25, 0.3) is 5.91 Å². The lowest BCUT2D eigenvalue weighted by Crippen LogP contribution is -2.12. The van der Waals surface area contributed by atoms with Gasteiger partial charge in [0.15, 0.2) is 5.65 Å². The fourth-order valence-electron chi connectivity index (χ4n) is 1.81. The number of halogens is 1. The molecule has 5 nitrogen and oxygen atoms in total. The molecular formula is C10H7FN4O. The summed E-state index contributed by atoms with van der Waals surface area (Å²) in [5.74, 6) is -1.21. The first-order chi connectivity index (χ1) is 7.66. The van der Waals surface area contributed by atoms with Gasteiger partial charge >= 0.3 is 0 Å². The lowest BCUT2D eigenvalue weighted by molar-refractivity contribution is 0.100. The highest BCUT2D eigenvalue weighted by Gasteiger charge is 2.15. The Morgan fingerprint density at radius 1 is 1.50 bits per heavy atom. The zero-order valence-electron chi connectivity index (χ0n) is 8.07. The van der Waals surface area contributed by atoms with Gasteiger partial charge in [0.2, 0.25) is 0 Å². The van der Waals surface area contributed by atoms with E-state index >= 15 is 0 Å². The van der Waals surface area contributed by atoms with Crippen LogP contribution in [0, 0.1) is 5.82 Å². The molecule has 0 aliphatic carbocycles. The standard InChI is InChI=1S/C10H7FN4O/c11-5-3-6(10(12)16)9-7(4-5)14-8-1-2-13-15(8)9/h1-4,13H,(H2,12,16). The van der Waals surface area contributed by atoms with E-state index in [1.165, 1.54) is 6.07 Å². The molecule has 80 valence electrons. The molecule has 3 rings (SSSR count). The summed E-state index contributed by atoms with van der Waals surface area (Å²) in [4.78, 5) is 15.4. The number of hydrogen-bond acceptors (Lipinski definition) is 2. The molecule has 1 amide bonds. The SMILES string of the molecule is NC(=O)c1cc(F)cc2nc3cc[nH]n3c12. The van der Waals surface area contributed by atoms with E-state index in [-0.39, 0.29) is 5.56 Å². The van der Waals surface area contributed by atoms with Gasteiger partial charge in [0, 0.05) is 18.3 Å². The van der Waals surface area contributed by atoms with Gasteiger partial charge in [0.05, 0.1) is 11.1 Å². The van der Waals surface area contributed by atoms with Crippen LogP contribution >= 0.6 is 0 Å². The molecule has 0 saturated carbocycles. The van der Waals surface area contributed by atoms with Gasteiger partial charge in [-0.1, -0.05) is 0 Å². The first-order valence-electron chi connectivity index (χ1n) is 4.62. The van der Waals surface area contributed by atoms with Crippen LogP contribution in [0.1, 0.15) is 10.4 Å². The number of rotatable bonds is 1. The van der Waals surface area contributed by atoms with Gasteiger partial charge in [-0.2, -0.15) is 0 Å². The van der Waals surface area contributed by atoms with Crippen molar-refractivity contribution in [2.24, 2.45) is 5.73 Å². The average molecular weight is 218 g/mol. The molecule has 0 atom stereocenters. The number of nitrogens with zero attached hydrogens (tertiary/aromatic N) is 2. The maximum Gasteiger partial charge on any atom is 0.251 e. The number of imidazole rings is 1. The first kappa shape index (κ1) is 8.90. The number of carbonyl (C=O) groups excluding carboxylic acids is 1. The van der Waals surface area contributed by atoms with E-state index in [0.717, 1.165) is 6.07 Å². The Hall–Kier alpha value is -2.37. The largest absolute Gasteiger partial charge is 0.366 e. The van der Waals surface area contributed by atoms with E-state index in [4.69, 9.17) is 5.73 Å². The van der Waals surface area contributed by atoms with Crippen LogP contribution in [0.4, 0.5) is 4.39 Å². The lowest BCUT2D eigenvalue weighted by atomic mass is 10.1. The predicted molar refractivity (Wildman–Crippen MR) is 55.5 cm³/mol. The predicted octanol–water partition coefficient (Wildman–Crippen LogP) is 1.05. The summed E-state index contributed by atoms with van der Waals surface area (Å²) >= 11 is 0. The minimum absolute atomic E-state index is 0.116. The van der Waals surface area contributed by atoms with Crippen LogP contribution in [0.15, 0.2) is 24.4 Å². The van der Waals surface area contributed by atoms with Crippen molar-refractivity contribution in [3.05, 3.63) is 35.8 Å². The Morgan fingerprint density at radius 3 is 3.06 bits per heavy atom. The minimum Gasteiger partial charge on any atom is -0.366 e. The quantitative estimate of drug-likeness (QED) is 0.640. The van der Waals surface area contributed by atoms with E-state index in [0.29, 0.717) is 16.7 Å². The number of aromatic nitrogens is 3. The molecule has 16 heavy (non-hydrogen) atoms. The van der Waals surface area contributed by atoms with E-state index in [9.17, 15) is 9.18 Å². The van der Waals surface area contributed by atoms with Crippen molar-refractivity contribution in [3.63, 3.8) is 0 Å². The van der Waals surface area contributed by atoms with Crippen molar-refractivity contribution in [1.29, 1.82) is 0 Å². The second-order valence-electron chi connectivity index (χ2n) is 3.45. The molecule has 0 radical (unpaired) electrons. The molecule has 0 spiro atoms. The van der Waals surface area contributed by atoms with E-state index in [1.807, 2.05) is 0 Å². The Labute approximate surface area is 88.7 Å². The molecule has 1 aromatic carbocycles. The fourth-order valence-corrected chi connectivity index (χ4v) is 1.81. The third-order valence-corrected chi connectivity index (χ3v) is 2.44. The van der Waals surface area contributed by atoms with Gasteiger partial charge in [-0.05, 0) is 6.07 Å². The monoisotopic (exact) mass is 218 g/mol. The van der Waals surface area contributed by atoms with Crippen LogP contribution in [0.5, 0.6) is 0 Å². The Morgan fingerprint density at radius 2 is 2.31 bits per heavy atom.